The molecule has 17 heavy (non-hydrogen) atoms. The van der Waals surface area contributed by atoms with E-state index in [-0.39, 0.29) is 0 Å². The topological polar surface area (TPSA) is 55.1 Å². The largest absolute Gasteiger partial charge is 0.478 e. The first-order valence-electron chi connectivity index (χ1n) is 5.62. The van der Waals surface area contributed by atoms with Gasteiger partial charge in [0.1, 0.15) is 5.82 Å². The first-order valence-corrected chi connectivity index (χ1v) is 5.62. The maximum absolute atomic E-state index is 10.8. The Morgan fingerprint density at radius 1 is 1.29 bits per heavy atom. The Bertz CT molecular complexity index is 553. The minimum absolute atomic E-state index is 0.307. The minimum Gasteiger partial charge on any atom is -0.478 e. The number of aromatic nitrogens is 2. The van der Waals surface area contributed by atoms with Gasteiger partial charge in [0.25, 0.3) is 0 Å². The summed E-state index contributed by atoms with van der Waals surface area (Å²) in [6, 6.07) is 6.87. The molecule has 0 radical (unpaired) electrons. The molecule has 1 saturated carbocycles. The third-order valence-corrected chi connectivity index (χ3v) is 3.00. The summed E-state index contributed by atoms with van der Waals surface area (Å²) >= 11 is 0. The molecular weight excluding hydrogens is 216 g/mol. The number of carboxylic acids is 1. The molecule has 0 amide bonds. The fourth-order valence-corrected chi connectivity index (χ4v) is 1.94. The second-order valence-electron chi connectivity index (χ2n) is 4.28. The van der Waals surface area contributed by atoms with Gasteiger partial charge in [-0.15, -0.1) is 0 Å². The predicted octanol–water partition coefficient (Wildman–Crippen LogP) is 2.45. The maximum atomic E-state index is 10.8. The van der Waals surface area contributed by atoms with Crippen molar-refractivity contribution in [2.75, 3.05) is 0 Å². The van der Waals surface area contributed by atoms with Gasteiger partial charge in [0.05, 0.1) is 5.56 Å². The van der Waals surface area contributed by atoms with E-state index in [0.717, 1.165) is 11.5 Å². The van der Waals surface area contributed by atoms with Crippen LogP contribution in [0, 0.1) is 0 Å². The lowest BCUT2D eigenvalue weighted by Crippen LogP contribution is -2.00. The smallest absolute Gasteiger partial charge is 0.335 e. The molecule has 0 saturated heterocycles. The van der Waals surface area contributed by atoms with E-state index in [4.69, 9.17) is 5.11 Å². The average molecular weight is 228 g/mol. The van der Waals surface area contributed by atoms with Crippen molar-refractivity contribution in [3.05, 3.63) is 48.0 Å². The molecule has 4 nitrogen and oxygen atoms in total. The third kappa shape index (κ3) is 1.82. The van der Waals surface area contributed by atoms with Gasteiger partial charge in [0, 0.05) is 24.0 Å². The quantitative estimate of drug-likeness (QED) is 0.877. The Balaban J connectivity index is 1.97. The standard InChI is InChI=1S/C13H12N2O2/c16-13(17)10-3-5-11(6-4-10)15-8-7-14-12(15)9-1-2-9/h3-9H,1-2H2,(H,16,17). The molecule has 1 aromatic carbocycles. The summed E-state index contributed by atoms with van der Waals surface area (Å²) in [7, 11) is 0. The van der Waals surface area contributed by atoms with Gasteiger partial charge >= 0.3 is 5.97 Å². The van der Waals surface area contributed by atoms with E-state index in [1.807, 2.05) is 22.9 Å². The van der Waals surface area contributed by atoms with Crippen molar-refractivity contribution in [3.63, 3.8) is 0 Å². The molecular formula is C13H12N2O2. The Labute approximate surface area is 98.5 Å². The molecule has 0 aliphatic heterocycles. The summed E-state index contributed by atoms with van der Waals surface area (Å²) in [4.78, 5) is 15.1. The Kier molecular flexibility index (Phi) is 2.21. The molecule has 0 spiro atoms. The summed E-state index contributed by atoms with van der Waals surface area (Å²) in [5, 5.41) is 8.84. The van der Waals surface area contributed by atoms with E-state index >= 15 is 0 Å². The number of rotatable bonds is 3. The number of hydrogen-bond donors (Lipinski definition) is 1. The molecule has 1 aliphatic rings. The molecule has 0 unspecified atom stereocenters. The van der Waals surface area contributed by atoms with Crippen LogP contribution in [0.5, 0.6) is 0 Å². The first-order chi connectivity index (χ1) is 8.25. The SMILES string of the molecule is O=C(O)c1ccc(-n2ccnc2C2CC2)cc1. The van der Waals surface area contributed by atoms with E-state index in [0.29, 0.717) is 11.5 Å². The average Bonchev–Trinajstić information content (AvgIpc) is 3.07. The molecule has 0 bridgehead atoms. The Hall–Kier alpha value is -2.10. The molecule has 1 aromatic heterocycles. The van der Waals surface area contributed by atoms with Crippen molar-refractivity contribution in [2.24, 2.45) is 0 Å². The van der Waals surface area contributed by atoms with Gasteiger partial charge in [0.2, 0.25) is 0 Å². The van der Waals surface area contributed by atoms with Gasteiger partial charge in [0.15, 0.2) is 0 Å². The van der Waals surface area contributed by atoms with Gasteiger partial charge in [-0.25, -0.2) is 9.78 Å². The fourth-order valence-electron chi connectivity index (χ4n) is 1.94. The van der Waals surface area contributed by atoms with Crippen LogP contribution in [0.15, 0.2) is 36.7 Å². The Morgan fingerprint density at radius 2 is 2.00 bits per heavy atom. The van der Waals surface area contributed by atoms with Gasteiger partial charge < -0.3 is 9.67 Å². The van der Waals surface area contributed by atoms with Crippen molar-refractivity contribution >= 4 is 5.97 Å². The van der Waals surface area contributed by atoms with E-state index < -0.39 is 5.97 Å². The fraction of sp³-hybridized carbons (Fsp3) is 0.231. The number of carbonyl (C=O) groups is 1. The van der Waals surface area contributed by atoms with Crippen LogP contribution in [-0.2, 0) is 0 Å². The number of carboxylic acid groups (broad SMARTS) is 1. The highest BCUT2D eigenvalue weighted by Gasteiger charge is 2.28. The third-order valence-electron chi connectivity index (χ3n) is 3.00. The summed E-state index contributed by atoms with van der Waals surface area (Å²) in [6.45, 7) is 0. The summed E-state index contributed by atoms with van der Waals surface area (Å²) in [5.41, 5.74) is 1.27. The van der Waals surface area contributed by atoms with Crippen LogP contribution in [0.3, 0.4) is 0 Å². The minimum atomic E-state index is -0.899. The zero-order chi connectivity index (χ0) is 11.8. The number of imidazole rings is 1. The number of benzene rings is 1. The second-order valence-corrected chi connectivity index (χ2v) is 4.28. The van der Waals surface area contributed by atoms with Crippen LogP contribution < -0.4 is 0 Å². The molecule has 1 heterocycles. The number of hydrogen-bond acceptors (Lipinski definition) is 2. The van der Waals surface area contributed by atoms with Crippen molar-refractivity contribution in [1.29, 1.82) is 0 Å². The molecule has 2 aromatic rings. The van der Waals surface area contributed by atoms with Gasteiger partial charge in [-0.05, 0) is 37.1 Å². The van der Waals surface area contributed by atoms with Crippen molar-refractivity contribution < 1.29 is 9.90 Å². The van der Waals surface area contributed by atoms with Crippen LogP contribution in [0.4, 0.5) is 0 Å². The van der Waals surface area contributed by atoms with E-state index in [1.54, 1.807) is 18.3 Å². The lowest BCUT2D eigenvalue weighted by molar-refractivity contribution is 0.0697. The molecule has 3 rings (SSSR count). The molecule has 86 valence electrons. The van der Waals surface area contributed by atoms with Crippen molar-refractivity contribution in [3.8, 4) is 5.69 Å². The molecule has 1 N–H and O–H groups in total. The van der Waals surface area contributed by atoms with Gasteiger partial charge in [-0.3, -0.25) is 0 Å². The van der Waals surface area contributed by atoms with Crippen LogP contribution in [-0.4, -0.2) is 20.6 Å². The highest BCUT2D eigenvalue weighted by molar-refractivity contribution is 5.87. The van der Waals surface area contributed by atoms with Crippen LogP contribution in [0.1, 0.15) is 34.9 Å². The highest BCUT2D eigenvalue weighted by atomic mass is 16.4. The Morgan fingerprint density at radius 3 is 2.59 bits per heavy atom. The van der Waals surface area contributed by atoms with Crippen LogP contribution in [0.2, 0.25) is 0 Å². The van der Waals surface area contributed by atoms with E-state index in [2.05, 4.69) is 4.98 Å². The molecule has 1 aliphatic carbocycles. The van der Waals surface area contributed by atoms with Crippen molar-refractivity contribution in [1.82, 2.24) is 9.55 Å². The van der Waals surface area contributed by atoms with E-state index in [9.17, 15) is 4.79 Å². The number of nitrogens with zero attached hydrogens (tertiary/aromatic N) is 2. The molecule has 1 fully saturated rings. The summed E-state index contributed by atoms with van der Waals surface area (Å²) in [5.74, 6) is 0.752. The zero-order valence-electron chi connectivity index (χ0n) is 9.21. The van der Waals surface area contributed by atoms with Crippen LogP contribution >= 0.6 is 0 Å². The van der Waals surface area contributed by atoms with Crippen LogP contribution in [0.25, 0.3) is 5.69 Å². The van der Waals surface area contributed by atoms with E-state index in [1.165, 1.54) is 12.8 Å². The summed E-state index contributed by atoms with van der Waals surface area (Å²) in [6.07, 6.45) is 6.11. The maximum Gasteiger partial charge on any atom is 0.335 e. The monoisotopic (exact) mass is 228 g/mol. The second kappa shape index (κ2) is 3.73. The van der Waals surface area contributed by atoms with Gasteiger partial charge in [-0.1, -0.05) is 0 Å². The van der Waals surface area contributed by atoms with Gasteiger partial charge in [-0.2, -0.15) is 0 Å². The number of aromatic carboxylic acids is 1. The van der Waals surface area contributed by atoms with Crippen molar-refractivity contribution in [2.45, 2.75) is 18.8 Å². The lowest BCUT2D eigenvalue weighted by Gasteiger charge is -2.07. The zero-order valence-corrected chi connectivity index (χ0v) is 9.21. The summed E-state index contributed by atoms with van der Waals surface area (Å²) < 4.78 is 2.03. The predicted molar refractivity (Wildman–Crippen MR) is 62.5 cm³/mol. The first kappa shape index (κ1) is 10.1. The highest BCUT2D eigenvalue weighted by Crippen LogP contribution is 2.39. The lowest BCUT2D eigenvalue weighted by atomic mass is 10.2. The molecule has 0 atom stereocenters. The molecule has 4 heteroatoms. The normalized spacial score (nSPS) is 14.8.